The molecule has 1 amide bonds. The van der Waals surface area contributed by atoms with Gasteiger partial charge in [0.05, 0.1) is 25.1 Å². The summed E-state index contributed by atoms with van der Waals surface area (Å²) in [6.45, 7) is 2.21. The molecule has 0 fully saturated rings. The smallest absolute Gasteiger partial charge is 0.251 e. The zero-order valence-corrected chi connectivity index (χ0v) is 16.8. The van der Waals surface area contributed by atoms with Crippen molar-refractivity contribution in [2.24, 2.45) is 0 Å². The van der Waals surface area contributed by atoms with E-state index < -0.39 is 21.9 Å². The Morgan fingerprint density at radius 2 is 2.00 bits per heavy atom. The van der Waals surface area contributed by atoms with E-state index in [1.54, 1.807) is 31.2 Å². The molecule has 150 valence electrons. The SMILES string of the molecule is COc1ccc(C(C)NC(=O)c2ccc3c(c2)CCCN3S(C)(=O)=O)cc1F. The van der Waals surface area contributed by atoms with E-state index in [0.717, 1.165) is 5.56 Å². The lowest BCUT2D eigenvalue weighted by Gasteiger charge is -2.29. The van der Waals surface area contributed by atoms with Crippen molar-refractivity contribution in [3.8, 4) is 5.75 Å². The second kappa shape index (κ2) is 7.79. The molecule has 1 heterocycles. The minimum atomic E-state index is -3.35. The summed E-state index contributed by atoms with van der Waals surface area (Å²) in [7, 11) is -1.96. The van der Waals surface area contributed by atoms with Crippen molar-refractivity contribution in [1.29, 1.82) is 0 Å². The summed E-state index contributed by atoms with van der Waals surface area (Å²) < 4.78 is 44.1. The number of rotatable bonds is 5. The number of anilines is 1. The van der Waals surface area contributed by atoms with Crippen molar-refractivity contribution < 1.29 is 22.3 Å². The van der Waals surface area contributed by atoms with Crippen LogP contribution in [0.2, 0.25) is 0 Å². The first kappa shape index (κ1) is 20.1. The van der Waals surface area contributed by atoms with Crippen LogP contribution >= 0.6 is 0 Å². The van der Waals surface area contributed by atoms with Gasteiger partial charge >= 0.3 is 0 Å². The number of carbonyl (C=O) groups is 1. The molecule has 2 aromatic rings. The molecule has 0 saturated heterocycles. The number of hydrogen-bond donors (Lipinski definition) is 1. The molecule has 0 aliphatic carbocycles. The molecule has 2 aromatic carbocycles. The average Bonchev–Trinajstić information content (AvgIpc) is 2.66. The molecule has 28 heavy (non-hydrogen) atoms. The Hall–Kier alpha value is -2.61. The van der Waals surface area contributed by atoms with Crippen molar-refractivity contribution in [2.45, 2.75) is 25.8 Å². The Balaban J connectivity index is 1.79. The van der Waals surface area contributed by atoms with Gasteiger partial charge in [0.1, 0.15) is 0 Å². The fourth-order valence-corrected chi connectivity index (χ4v) is 4.36. The summed E-state index contributed by atoms with van der Waals surface area (Å²) in [6.07, 6.45) is 2.59. The molecule has 6 nitrogen and oxygen atoms in total. The van der Waals surface area contributed by atoms with Gasteiger partial charge in [-0.3, -0.25) is 9.10 Å². The van der Waals surface area contributed by atoms with E-state index in [-0.39, 0.29) is 11.7 Å². The zero-order valence-electron chi connectivity index (χ0n) is 16.0. The zero-order chi connectivity index (χ0) is 20.5. The molecule has 1 N–H and O–H groups in total. The summed E-state index contributed by atoms with van der Waals surface area (Å²) in [6, 6.07) is 9.15. The monoisotopic (exact) mass is 406 g/mol. The van der Waals surface area contributed by atoms with E-state index in [0.29, 0.717) is 36.2 Å². The molecule has 0 radical (unpaired) electrons. The number of ether oxygens (including phenoxy) is 1. The molecular formula is C20H23FN2O4S. The lowest BCUT2D eigenvalue weighted by atomic mass is 10.00. The number of sulfonamides is 1. The van der Waals surface area contributed by atoms with Gasteiger partial charge in [-0.25, -0.2) is 12.8 Å². The van der Waals surface area contributed by atoms with Gasteiger partial charge in [0.15, 0.2) is 11.6 Å². The number of amides is 1. The van der Waals surface area contributed by atoms with Crippen LogP contribution in [0.3, 0.4) is 0 Å². The third kappa shape index (κ3) is 4.11. The Morgan fingerprint density at radius 1 is 1.25 bits per heavy atom. The molecule has 0 bridgehead atoms. The Morgan fingerprint density at radius 3 is 2.64 bits per heavy atom. The van der Waals surface area contributed by atoms with Crippen molar-refractivity contribution >= 4 is 21.6 Å². The number of nitrogens with zero attached hydrogens (tertiary/aromatic N) is 1. The van der Waals surface area contributed by atoms with Gasteiger partial charge in [-0.1, -0.05) is 6.07 Å². The highest BCUT2D eigenvalue weighted by molar-refractivity contribution is 7.92. The highest BCUT2D eigenvalue weighted by Gasteiger charge is 2.25. The Bertz CT molecular complexity index is 1010. The van der Waals surface area contributed by atoms with E-state index in [1.165, 1.54) is 29.8 Å². The maximum atomic E-state index is 13.9. The number of benzene rings is 2. The highest BCUT2D eigenvalue weighted by Crippen LogP contribution is 2.30. The Kier molecular flexibility index (Phi) is 5.60. The van der Waals surface area contributed by atoms with Gasteiger partial charge in [-0.2, -0.15) is 0 Å². The minimum Gasteiger partial charge on any atom is -0.494 e. The maximum absolute atomic E-state index is 13.9. The number of methoxy groups -OCH3 is 1. The van der Waals surface area contributed by atoms with Crippen molar-refractivity contribution in [1.82, 2.24) is 5.32 Å². The van der Waals surface area contributed by atoms with Crippen LogP contribution in [-0.2, 0) is 16.4 Å². The average molecular weight is 406 g/mol. The van der Waals surface area contributed by atoms with Crippen LogP contribution in [0.15, 0.2) is 36.4 Å². The van der Waals surface area contributed by atoms with Gasteiger partial charge in [0, 0.05) is 12.1 Å². The standard InChI is InChI=1S/C20H23FN2O4S/c1-13(14-7-9-19(27-2)17(21)12-14)22-20(24)16-6-8-18-15(11-16)5-4-10-23(18)28(3,25)26/h6-9,11-13H,4-5,10H2,1-3H3,(H,22,24). The van der Waals surface area contributed by atoms with Crippen molar-refractivity contribution in [3.63, 3.8) is 0 Å². The minimum absolute atomic E-state index is 0.146. The first-order valence-corrected chi connectivity index (χ1v) is 10.8. The predicted molar refractivity (Wildman–Crippen MR) is 106 cm³/mol. The summed E-state index contributed by atoms with van der Waals surface area (Å²) >= 11 is 0. The molecule has 0 aromatic heterocycles. The molecule has 1 unspecified atom stereocenters. The maximum Gasteiger partial charge on any atom is 0.251 e. The fraction of sp³-hybridized carbons (Fsp3) is 0.350. The van der Waals surface area contributed by atoms with Gasteiger partial charge in [0.25, 0.3) is 5.91 Å². The van der Waals surface area contributed by atoms with Crippen LogP contribution in [-0.4, -0.2) is 34.2 Å². The molecule has 1 aliphatic rings. The quantitative estimate of drug-likeness (QED) is 0.828. The molecular weight excluding hydrogens is 383 g/mol. The van der Waals surface area contributed by atoms with Crippen LogP contribution in [0.25, 0.3) is 0 Å². The lowest BCUT2D eigenvalue weighted by Crippen LogP contribution is -2.35. The van der Waals surface area contributed by atoms with Crippen LogP contribution < -0.4 is 14.4 Å². The third-order valence-corrected chi connectivity index (χ3v) is 6.02. The number of hydrogen-bond acceptors (Lipinski definition) is 4. The van der Waals surface area contributed by atoms with Crippen LogP contribution in [0.1, 0.15) is 40.9 Å². The first-order chi connectivity index (χ1) is 13.2. The molecule has 1 aliphatic heterocycles. The number of aryl methyl sites for hydroxylation is 1. The van der Waals surface area contributed by atoms with E-state index >= 15 is 0 Å². The number of halogens is 1. The first-order valence-electron chi connectivity index (χ1n) is 8.95. The summed E-state index contributed by atoms with van der Waals surface area (Å²) in [4.78, 5) is 12.6. The molecule has 1 atom stereocenters. The second-order valence-corrected chi connectivity index (χ2v) is 8.78. The summed E-state index contributed by atoms with van der Waals surface area (Å²) in [5.41, 5.74) is 2.51. The van der Waals surface area contributed by atoms with E-state index in [2.05, 4.69) is 5.32 Å². The largest absolute Gasteiger partial charge is 0.494 e. The predicted octanol–water partition coefficient (Wildman–Crippen LogP) is 3.04. The number of fused-ring (bicyclic) bond motifs is 1. The topological polar surface area (TPSA) is 75.7 Å². The molecule has 3 rings (SSSR count). The van der Waals surface area contributed by atoms with E-state index in [9.17, 15) is 17.6 Å². The van der Waals surface area contributed by atoms with E-state index in [4.69, 9.17) is 4.74 Å². The van der Waals surface area contributed by atoms with Gasteiger partial charge in [0.2, 0.25) is 10.0 Å². The molecule has 0 saturated carbocycles. The second-order valence-electron chi connectivity index (χ2n) is 6.87. The van der Waals surface area contributed by atoms with Crippen LogP contribution in [0, 0.1) is 5.82 Å². The fourth-order valence-electron chi connectivity index (χ4n) is 3.36. The summed E-state index contributed by atoms with van der Waals surface area (Å²) in [5, 5.41) is 2.85. The number of nitrogens with one attached hydrogen (secondary N) is 1. The molecule has 0 spiro atoms. The van der Waals surface area contributed by atoms with Gasteiger partial charge in [-0.05, 0) is 61.2 Å². The van der Waals surface area contributed by atoms with Gasteiger partial charge in [-0.15, -0.1) is 0 Å². The number of carbonyl (C=O) groups excluding carboxylic acids is 1. The molecule has 8 heteroatoms. The van der Waals surface area contributed by atoms with E-state index in [1.807, 2.05) is 0 Å². The van der Waals surface area contributed by atoms with Crippen molar-refractivity contribution in [2.75, 3.05) is 24.2 Å². The highest BCUT2D eigenvalue weighted by atomic mass is 32.2. The third-order valence-electron chi connectivity index (χ3n) is 4.84. The van der Waals surface area contributed by atoms with Crippen LogP contribution in [0.4, 0.5) is 10.1 Å². The normalized spacial score (nSPS) is 14.9. The lowest BCUT2D eigenvalue weighted by molar-refractivity contribution is 0.0939. The van der Waals surface area contributed by atoms with Gasteiger partial charge < -0.3 is 10.1 Å². The summed E-state index contributed by atoms with van der Waals surface area (Å²) in [5.74, 6) is -0.647. The van der Waals surface area contributed by atoms with Crippen LogP contribution in [0.5, 0.6) is 5.75 Å². The van der Waals surface area contributed by atoms with Crippen molar-refractivity contribution in [3.05, 3.63) is 58.9 Å². The Labute approximate surface area is 164 Å².